The first-order chi connectivity index (χ1) is 8.81. The molecule has 1 heterocycles. The zero-order chi connectivity index (χ0) is 14.7. The first-order valence-corrected chi connectivity index (χ1v) is 7.10. The van der Waals surface area contributed by atoms with Gasteiger partial charge in [-0.2, -0.15) is 0 Å². The summed E-state index contributed by atoms with van der Waals surface area (Å²) in [7, 11) is 1.87. The van der Waals surface area contributed by atoms with E-state index in [2.05, 4.69) is 0 Å². The van der Waals surface area contributed by atoms with Gasteiger partial charge in [0.15, 0.2) is 5.78 Å². The van der Waals surface area contributed by atoms with E-state index in [1.54, 1.807) is 13.8 Å². The predicted octanol–water partition coefficient (Wildman–Crippen LogP) is 2.11. The molecule has 0 aromatic carbocycles. The van der Waals surface area contributed by atoms with E-state index in [0.717, 1.165) is 13.0 Å². The summed E-state index contributed by atoms with van der Waals surface area (Å²) in [4.78, 5) is 26.0. The lowest BCUT2D eigenvalue weighted by Crippen LogP contribution is -2.22. The number of primary amides is 1. The van der Waals surface area contributed by atoms with Crippen LogP contribution in [0.3, 0.4) is 0 Å². The second-order valence-corrected chi connectivity index (χ2v) is 5.83. The lowest BCUT2D eigenvalue weighted by Gasteiger charge is -2.17. The minimum atomic E-state index is -0.588. The molecule has 6 heteroatoms. The number of ketones is 1. The van der Waals surface area contributed by atoms with Crippen LogP contribution in [0.5, 0.6) is 0 Å². The number of hydrogen-bond acceptors (Lipinski definition) is 5. The lowest BCUT2D eigenvalue weighted by molar-refractivity contribution is 0.0944. The van der Waals surface area contributed by atoms with E-state index in [1.807, 2.05) is 18.9 Å². The Hall–Kier alpha value is -1.56. The molecule has 0 spiro atoms. The Labute approximate surface area is 117 Å². The molecule has 0 saturated carbocycles. The molecule has 0 unspecified atom stereocenters. The topological polar surface area (TPSA) is 89.4 Å². The van der Waals surface area contributed by atoms with E-state index in [0.29, 0.717) is 9.88 Å². The SMILES string of the molecule is CCCN(C)c1sc(C(=O)C(C)C)c(N)c1C(N)=O. The van der Waals surface area contributed by atoms with E-state index in [1.165, 1.54) is 11.3 Å². The minimum absolute atomic E-state index is 0.0545. The van der Waals surface area contributed by atoms with Crippen LogP contribution in [-0.4, -0.2) is 25.3 Å². The second kappa shape index (κ2) is 6.06. The van der Waals surface area contributed by atoms with Crippen LogP contribution in [0.1, 0.15) is 47.2 Å². The summed E-state index contributed by atoms with van der Waals surface area (Å²) in [5.41, 5.74) is 11.8. The summed E-state index contributed by atoms with van der Waals surface area (Å²) < 4.78 is 0. The zero-order valence-corrected chi connectivity index (χ0v) is 12.6. The van der Waals surface area contributed by atoms with Crippen LogP contribution in [0, 0.1) is 5.92 Å². The maximum absolute atomic E-state index is 12.1. The van der Waals surface area contributed by atoms with E-state index in [9.17, 15) is 9.59 Å². The molecule has 4 N–H and O–H groups in total. The van der Waals surface area contributed by atoms with Crippen LogP contribution in [0.25, 0.3) is 0 Å². The molecule has 0 fully saturated rings. The van der Waals surface area contributed by atoms with Crippen molar-refractivity contribution in [3.05, 3.63) is 10.4 Å². The van der Waals surface area contributed by atoms with Crippen LogP contribution < -0.4 is 16.4 Å². The predicted molar refractivity (Wildman–Crippen MR) is 80.0 cm³/mol. The Bertz CT molecular complexity index is 494. The van der Waals surface area contributed by atoms with Gasteiger partial charge in [0.1, 0.15) is 5.00 Å². The number of nitrogen functional groups attached to an aromatic ring is 1. The van der Waals surface area contributed by atoms with Gasteiger partial charge in [-0.3, -0.25) is 9.59 Å². The molecule has 5 nitrogen and oxygen atoms in total. The van der Waals surface area contributed by atoms with Gasteiger partial charge < -0.3 is 16.4 Å². The van der Waals surface area contributed by atoms with Gasteiger partial charge in [0.05, 0.1) is 16.1 Å². The van der Waals surface area contributed by atoms with E-state index in [-0.39, 0.29) is 23.0 Å². The third kappa shape index (κ3) is 3.07. The Kier molecular flexibility index (Phi) is 4.94. The second-order valence-electron chi connectivity index (χ2n) is 4.83. The third-order valence-corrected chi connectivity index (χ3v) is 4.16. The highest BCUT2D eigenvalue weighted by Gasteiger charge is 2.26. The van der Waals surface area contributed by atoms with Crippen molar-refractivity contribution in [2.45, 2.75) is 27.2 Å². The molecule has 0 atom stereocenters. The molecule has 1 aromatic heterocycles. The van der Waals surface area contributed by atoms with E-state index in [4.69, 9.17) is 11.5 Å². The molecule has 0 bridgehead atoms. The van der Waals surface area contributed by atoms with Gasteiger partial charge in [-0.15, -0.1) is 11.3 Å². The number of anilines is 2. The van der Waals surface area contributed by atoms with Gasteiger partial charge >= 0.3 is 0 Å². The van der Waals surface area contributed by atoms with Gasteiger partial charge in [-0.25, -0.2) is 0 Å². The fraction of sp³-hybridized carbons (Fsp3) is 0.538. The lowest BCUT2D eigenvalue weighted by atomic mass is 10.1. The first-order valence-electron chi connectivity index (χ1n) is 6.28. The summed E-state index contributed by atoms with van der Waals surface area (Å²) in [6.07, 6.45) is 0.931. The van der Waals surface area contributed by atoms with Crippen molar-refractivity contribution < 1.29 is 9.59 Å². The molecule has 0 aliphatic rings. The summed E-state index contributed by atoms with van der Waals surface area (Å²) >= 11 is 1.25. The van der Waals surface area contributed by atoms with Gasteiger partial charge in [0.2, 0.25) is 0 Å². The van der Waals surface area contributed by atoms with Crippen LogP contribution in [0.15, 0.2) is 0 Å². The average Bonchev–Trinajstić information content (AvgIpc) is 2.66. The van der Waals surface area contributed by atoms with Crippen LogP contribution in [0.4, 0.5) is 10.7 Å². The molecule has 0 aliphatic heterocycles. The van der Waals surface area contributed by atoms with Crippen molar-refractivity contribution in [3.63, 3.8) is 0 Å². The summed E-state index contributed by atoms with van der Waals surface area (Å²) in [6.45, 7) is 6.43. The molecule has 1 aromatic rings. The number of amides is 1. The molecule has 19 heavy (non-hydrogen) atoms. The molecule has 0 radical (unpaired) electrons. The molecule has 0 saturated heterocycles. The van der Waals surface area contributed by atoms with Crippen molar-refractivity contribution in [3.8, 4) is 0 Å². The molecule has 0 aliphatic carbocycles. The number of Topliss-reactive ketones (excluding diaryl/α,β-unsaturated/α-hetero) is 1. The Balaban J connectivity index is 3.35. The summed E-state index contributed by atoms with van der Waals surface area (Å²) in [5.74, 6) is -0.804. The van der Waals surface area contributed by atoms with Crippen molar-refractivity contribution in [1.82, 2.24) is 0 Å². The highest BCUT2D eigenvalue weighted by atomic mass is 32.1. The average molecular weight is 283 g/mol. The quantitative estimate of drug-likeness (QED) is 0.782. The van der Waals surface area contributed by atoms with Crippen molar-refractivity contribution >= 4 is 33.7 Å². The number of carbonyl (C=O) groups is 2. The van der Waals surface area contributed by atoms with Crippen LogP contribution in [0.2, 0.25) is 0 Å². The highest BCUT2D eigenvalue weighted by Crippen LogP contribution is 2.38. The standard InChI is InChI=1S/C13H21N3O2S/c1-5-6-16(4)13-8(12(15)18)9(14)11(19-13)10(17)7(2)3/h7H,5-6,14H2,1-4H3,(H2,15,18). The molecule has 1 amide bonds. The first kappa shape index (κ1) is 15.5. The number of thiophene rings is 1. The summed E-state index contributed by atoms with van der Waals surface area (Å²) in [5, 5.41) is 0.677. The normalized spacial score (nSPS) is 10.8. The number of rotatable bonds is 6. The minimum Gasteiger partial charge on any atom is -0.397 e. The largest absolute Gasteiger partial charge is 0.397 e. The molecule has 106 valence electrons. The van der Waals surface area contributed by atoms with Gasteiger partial charge in [0, 0.05) is 19.5 Å². The van der Waals surface area contributed by atoms with Crippen LogP contribution in [-0.2, 0) is 0 Å². The Morgan fingerprint density at radius 2 is 1.95 bits per heavy atom. The molecular weight excluding hydrogens is 262 g/mol. The number of carbonyl (C=O) groups excluding carboxylic acids is 2. The van der Waals surface area contributed by atoms with E-state index >= 15 is 0 Å². The van der Waals surface area contributed by atoms with Crippen LogP contribution >= 0.6 is 11.3 Å². The van der Waals surface area contributed by atoms with E-state index < -0.39 is 5.91 Å². The van der Waals surface area contributed by atoms with Crippen molar-refractivity contribution in [2.24, 2.45) is 11.7 Å². The monoisotopic (exact) mass is 283 g/mol. The van der Waals surface area contributed by atoms with Crippen molar-refractivity contribution in [1.29, 1.82) is 0 Å². The van der Waals surface area contributed by atoms with Gasteiger partial charge in [0.25, 0.3) is 5.91 Å². The maximum atomic E-state index is 12.1. The molecule has 1 rings (SSSR count). The number of hydrogen-bond donors (Lipinski definition) is 2. The van der Waals surface area contributed by atoms with Gasteiger partial charge in [-0.1, -0.05) is 20.8 Å². The third-order valence-electron chi connectivity index (χ3n) is 2.83. The Morgan fingerprint density at radius 3 is 2.37 bits per heavy atom. The molecular formula is C13H21N3O2S. The number of nitrogens with two attached hydrogens (primary N) is 2. The maximum Gasteiger partial charge on any atom is 0.253 e. The van der Waals surface area contributed by atoms with Gasteiger partial charge in [-0.05, 0) is 6.42 Å². The number of nitrogens with zero attached hydrogens (tertiary/aromatic N) is 1. The smallest absolute Gasteiger partial charge is 0.253 e. The summed E-state index contributed by atoms with van der Waals surface area (Å²) in [6, 6.07) is 0. The highest BCUT2D eigenvalue weighted by molar-refractivity contribution is 7.19. The fourth-order valence-corrected chi connectivity index (χ4v) is 3.12. The zero-order valence-electron chi connectivity index (χ0n) is 11.8. The fourth-order valence-electron chi connectivity index (χ4n) is 1.82. The Morgan fingerprint density at radius 1 is 1.37 bits per heavy atom. The van der Waals surface area contributed by atoms with Crippen molar-refractivity contribution in [2.75, 3.05) is 24.2 Å².